The van der Waals surface area contributed by atoms with E-state index < -0.39 is 5.91 Å². The highest BCUT2D eigenvalue weighted by atomic mass is 32.2. The first-order chi connectivity index (χ1) is 20.6. The van der Waals surface area contributed by atoms with Crippen LogP contribution in [0.25, 0.3) is 23.0 Å². The van der Waals surface area contributed by atoms with E-state index in [1.165, 1.54) is 17.0 Å². The molecule has 7 nitrogen and oxygen atoms in total. The van der Waals surface area contributed by atoms with E-state index in [1.807, 2.05) is 66.7 Å². The third-order valence-corrected chi connectivity index (χ3v) is 8.05. The smallest absolute Gasteiger partial charge is 0.268 e. The van der Waals surface area contributed by atoms with E-state index in [0.29, 0.717) is 22.6 Å². The summed E-state index contributed by atoms with van der Waals surface area (Å²) >= 11 is 1.13. The van der Waals surface area contributed by atoms with Gasteiger partial charge in [-0.05, 0) is 65.4 Å². The monoisotopic (exact) mass is 571 g/mol. The molecule has 0 spiro atoms. The molecule has 2 heterocycles. The molecule has 1 saturated heterocycles. The van der Waals surface area contributed by atoms with Crippen LogP contribution in [0.2, 0.25) is 0 Å². The van der Waals surface area contributed by atoms with Crippen LogP contribution < -0.4 is 10.3 Å². The number of nitrogens with zero attached hydrogens (tertiary/aromatic N) is 4. The van der Waals surface area contributed by atoms with Gasteiger partial charge in [-0.3, -0.25) is 14.5 Å². The van der Waals surface area contributed by atoms with Gasteiger partial charge in [0, 0.05) is 17.5 Å². The van der Waals surface area contributed by atoms with Gasteiger partial charge in [0.15, 0.2) is 10.9 Å². The van der Waals surface area contributed by atoms with Crippen LogP contribution in [0.4, 0.5) is 10.1 Å². The molecular formula is C33H22FN5O2S. The highest BCUT2D eigenvalue weighted by molar-refractivity contribution is 8.19. The third-order valence-electron chi connectivity index (χ3n) is 7.08. The van der Waals surface area contributed by atoms with Gasteiger partial charge >= 0.3 is 0 Å². The van der Waals surface area contributed by atoms with Crippen molar-refractivity contribution >= 4 is 40.5 Å². The van der Waals surface area contributed by atoms with E-state index >= 15 is 0 Å². The molecule has 42 heavy (non-hydrogen) atoms. The van der Waals surface area contributed by atoms with Gasteiger partial charge in [-0.2, -0.15) is 5.10 Å². The SMILES string of the molecule is O=C(N/N=C1/S/C(=C\c2ccc(F)cc2)C(=O)N1c1ccccc1)c1nn(-c2ccccc2)c2c1Cc1ccccc1-2. The lowest BCUT2D eigenvalue weighted by Gasteiger charge is -2.15. The Morgan fingerprint density at radius 2 is 1.55 bits per heavy atom. The minimum atomic E-state index is -0.474. The standard InChI is InChI=1S/C33H22FN5O2S/c34-23-17-15-21(16-18-23)19-28-32(41)38(24-10-3-1-4-11-24)33(42-28)36-35-31(40)29-27-20-22-9-7-8-14-26(22)30(27)39(37-29)25-12-5-2-6-13-25/h1-19H,20H2,(H,35,40)/b28-19-,36-33+. The summed E-state index contributed by atoms with van der Waals surface area (Å²) in [6.07, 6.45) is 2.25. The Morgan fingerprint density at radius 3 is 2.29 bits per heavy atom. The number of hydrogen-bond donors (Lipinski definition) is 1. The number of rotatable bonds is 5. The minimum Gasteiger partial charge on any atom is -0.268 e. The number of hydrogen-bond acceptors (Lipinski definition) is 5. The molecule has 0 radical (unpaired) electrons. The van der Waals surface area contributed by atoms with E-state index in [-0.39, 0.29) is 22.6 Å². The van der Waals surface area contributed by atoms with Crippen molar-refractivity contribution in [3.05, 3.63) is 142 Å². The summed E-state index contributed by atoms with van der Waals surface area (Å²) < 4.78 is 15.2. The maximum absolute atomic E-state index is 13.6. The highest BCUT2D eigenvalue weighted by Crippen LogP contribution is 2.40. The number of fused-ring (bicyclic) bond motifs is 3. The number of amides is 2. The lowest BCUT2D eigenvalue weighted by Crippen LogP contribution is -2.31. The molecule has 1 aliphatic carbocycles. The largest absolute Gasteiger partial charge is 0.292 e. The second-order valence-electron chi connectivity index (χ2n) is 9.73. The summed E-state index contributed by atoms with van der Waals surface area (Å²) in [5, 5.41) is 9.41. The Kier molecular flexibility index (Phi) is 6.48. The molecule has 1 aromatic heterocycles. The molecule has 0 saturated carbocycles. The van der Waals surface area contributed by atoms with Crippen molar-refractivity contribution in [2.75, 3.05) is 4.90 Å². The Bertz CT molecular complexity index is 1900. The van der Waals surface area contributed by atoms with Gasteiger partial charge in [0.1, 0.15) is 5.82 Å². The second kappa shape index (κ2) is 10.6. The van der Waals surface area contributed by atoms with E-state index in [4.69, 9.17) is 5.10 Å². The van der Waals surface area contributed by atoms with Crippen LogP contribution >= 0.6 is 11.8 Å². The minimum absolute atomic E-state index is 0.275. The number of carbonyl (C=O) groups excluding carboxylic acids is 2. The number of hydrazone groups is 1. The molecule has 204 valence electrons. The predicted octanol–water partition coefficient (Wildman–Crippen LogP) is 6.40. The van der Waals surface area contributed by atoms with Gasteiger partial charge in [-0.1, -0.05) is 72.8 Å². The summed E-state index contributed by atoms with van der Waals surface area (Å²) in [6, 6.07) is 32.7. The molecular weight excluding hydrogens is 549 g/mol. The lowest BCUT2D eigenvalue weighted by molar-refractivity contribution is -0.113. The average molecular weight is 572 g/mol. The first kappa shape index (κ1) is 25.7. The number of amidine groups is 1. The highest BCUT2D eigenvalue weighted by Gasteiger charge is 2.36. The topological polar surface area (TPSA) is 79.6 Å². The van der Waals surface area contributed by atoms with Crippen molar-refractivity contribution in [3.63, 3.8) is 0 Å². The fraction of sp³-hybridized carbons (Fsp3) is 0.0303. The molecule has 7 rings (SSSR count). The number of anilines is 1. The molecule has 0 unspecified atom stereocenters. The summed E-state index contributed by atoms with van der Waals surface area (Å²) in [7, 11) is 0. The van der Waals surface area contributed by atoms with E-state index in [1.54, 1.807) is 35.0 Å². The number of carbonyl (C=O) groups is 2. The van der Waals surface area contributed by atoms with Gasteiger partial charge in [-0.25, -0.2) is 14.5 Å². The van der Waals surface area contributed by atoms with Crippen LogP contribution in [0.15, 0.2) is 119 Å². The zero-order chi connectivity index (χ0) is 28.6. The zero-order valence-corrected chi connectivity index (χ0v) is 22.9. The van der Waals surface area contributed by atoms with Crippen molar-refractivity contribution in [3.8, 4) is 16.9 Å². The molecule has 1 fully saturated rings. The molecule has 0 bridgehead atoms. The number of para-hydroxylation sites is 2. The van der Waals surface area contributed by atoms with E-state index in [0.717, 1.165) is 39.8 Å². The van der Waals surface area contributed by atoms with Crippen LogP contribution in [0.1, 0.15) is 27.2 Å². The van der Waals surface area contributed by atoms with Crippen LogP contribution in [-0.4, -0.2) is 26.8 Å². The summed E-state index contributed by atoms with van der Waals surface area (Å²) in [4.78, 5) is 29.0. The number of benzene rings is 4. The third kappa shape index (κ3) is 4.59. The summed E-state index contributed by atoms with van der Waals surface area (Å²) in [5.74, 6) is -1.13. The average Bonchev–Trinajstić information content (AvgIpc) is 3.68. The molecule has 2 aliphatic rings. The molecule has 0 atom stereocenters. The maximum Gasteiger partial charge on any atom is 0.292 e. The van der Waals surface area contributed by atoms with Crippen LogP contribution in [0, 0.1) is 5.82 Å². The number of aromatic nitrogens is 2. The van der Waals surface area contributed by atoms with Crippen LogP contribution in [-0.2, 0) is 11.2 Å². The molecule has 9 heteroatoms. The Hall–Kier alpha value is -5.28. The normalized spacial score (nSPS) is 15.7. The van der Waals surface area contributed by atoms with Crippen molar-refractivity contribution in [2.24, 2.45) is 5.10 Å². The zero-order valence-electron chi connectivity index (χ0n) is 22.1. The van der Waals surface area contributed by atoms with Gasteiger partial charge in [-0.15, -0.1) is 5.10 Å². The summed E-state index contributed by atoms with van der Waals surface area (Å²) in [5.41, 5.74) is 8.93. The number of thioether (sulfide) groups is 1. The van der Waals surface area contributed by atoms with Crippen molar-refractivity contribution in [1.82, 2.24) is 15.2 Å². The molecule has 1 aliphatic heterocycles. The van der Waals surface area contributed by atoms with E-state index in [2.05, 4.69) is 16.6 Å². The van der Waals surface area contributed by atoms with Gasteiger partial charge in [0.2, 0.25) is 0 Å². The van der Waals surface area contributed by atoms with Crippen LogP contribution in [0.3, 0.4) is 0 Å². The molecule has 5 aromatic rings. The van der Waals surface area contributed by atoms with Crippen LogP contribution in [0.5, 0.6) is 0 Å². The Morgan fingerprint density at radius 1 is 0.881 bits per heavy atom. The van der Waals surface area contributed by atoms with E-state index in [9.17, 15) is 14.0 Å². The molecule has 1 N–H and O–H groups in total. The molecule has 4 aromatic carbocycles. The Labute approximate surface area is 245 Å². The predicted molar refractivity (Wildman–Crippen MR) is 163 cm³/mol. The maximum atomic E-state index is 13.6. The second-order valence-corrected chi connectivity index (χ2v) is 10.7. The fourth-order valence-corrected chi connectivity index (χ4v) is 6.09. The summed E-state index contributed by atoms with van der Waals surface area (Å²) in [6.45, 7) is 0. The Balaban J connectivity index is 1.24. The first-order valence-corrected chi connectivity index (χ1v) is 14.1. The van der Waals surface area contributed by atoms with Crippen molar-refractivity contribution in [1.29, 1.82) is 0 Å². The fourth-order valence-electron chi connectivity index (χ4n) is 5.14. The van der Waals surface area contributed by atoms with Crippen molar-refractivity contribution < 1.29 is 14.0 Å². The quantitative estimate of drug-likeness (QED) is 0.192. The number of nitrogens with one attached hydrogen (secondary N) is 1. The van der Waals surface area contributed by atoms with Gasteiger partial charge < -0.3 is 0 Å². The number of halogens is 1. The molecule has 2 amide bonds. The first-order valence-electron chi connectivity index (χ1n) is 13.2. The lowest BCUT2D eigenvalue weighted by atomic mass is 10.1. The van der Waals surface area contributed by atoms with Crippen molar-refractivity contribution in [2.45, 2.75) is 6.42 Å². The van der Waals surface area contributed by atoms with Gasteiger partial charge in [0.25, 0.3) is 11.8 Å². The van der Waals surface area contributed by atoms with Gasteiger partial charge in [0.05, 0.1) is 22.0 Å².